The van der Waals surface area contributed by atoms with Crippen LogP contribution in [0.3, 0.4) is 0 Å². The van der Waals surface area contributed by atoms with Gasteiger partial charge in [0.05, 0.1) is 37.6 Å². The Morgan fingerprint density at radius 2 is 2.04 bits per heavy atom. The Kier molecular flexibility index (Phi) is 5.37. The molecule has 0 bridgehead atoms. The minimum atomic E-state index is 0.404. The molecule has 8 heteroatoms. The number of fused-ring (bicyclic) bond motifs is 1. The van der Waals surface area contributed by atoms with Crippen molar-refractivity contribution < 1.29 is 14.2 Å². The number of hydrogen-bond donors (Lipinski definition) is 1. The first-order chi connectivity index (χ1) is 13.8. The number of rotatable bonds is 6. The molecule has 0 aliphatic carbocycles. The molecule has 0 spiro atoms. The molecule has 1 aliphatic rings. The summed E-state index contributed by atoms with van der Waals surface area (Å²) in [7, 11) is 1.62. The van der Waals surface area contributed by atoms with Gasteiger partial charge in [0.25, 0.3) is 0 Å². The molecule has 1 N–H and O–H groups in total. The second kappa shape index (κ2) is 8.25. The molecule has 1 saturated heterocycles. The number of morpholine rings is 1. The summed E-state index contributed by atoms with van der Waals surface area (Å²) in [5, 5.41) is 17.5. The van der Waals surface area contributed by atoms with Crippen LogP contribution < -0.4 is 9.47 Å². The van der Waals surface area contributed by atoms with Gasteiger partial charge in [-0.25, -0.2) is 4.98 Å². The van der Waals surface area contributed by atoms with Gasteiger partial charge in [-0.15, -0.1) is 0 Å². The minimum Gasteiger partial charge on any atom is -0.497 e. The van der Waals surface area contributed by atoms with E-state index in [1.54, 1.807) is 13.3 Å². The summed E-state index contributed by atoms with van der Waals surface area (Å²) < 4.78 is 16.7. The normalized spacial score (nSPS) is 14.7. The largest absolute Gasteiger partial charge is 0.497 e. The van der Waals surface area contributed by atoms with E-state index in [-0.39, 0.29) is 0 Å². The molecular weight excluding hydrogens is 358 g/mol. The van der Waals surface area contributed by atoms with Crippen LogP contribution in [0.2, 0.25) is 0 Å². The molecule has 0 saturated carbocycles. The predicted octanol–water partition coefficient (Wildman–Crippen LogP) is 2.22. The highest BCUT2D eigenvalue weighted by molar-refractivity contribution is 5.89. The van der Waals surface area contributed by atoms with Gasteiger partial charge in [-0.3, -0.25) is 10.00 Å². The summed E-state index contributed by atoms with van der Waals surface area (Å²) in [5.74, 6) is 1.26. The number of H-pyrrole nitrogens is 1. The summed E-state index contributed by atoms with van der Waals surface area (Å²) in [6.45, 7) is 4.51. The number of aromatic nitrogens is 3. The second-order valence-corrected chi connectivity index (χ2v) is 6.44. The van der Waals surface area contributed by atoms with Crippen LogP contribution in [0, 0.1) is 11.3 Å². The van der Waals surface area contributed by atoms with E-state index in [0.29, 0.717) is 34.6 Å². The maximum atomic E-state index is 9.85. The van der Waals surface area contributed by atoms with Crippen molar-refractivity contribution in [3.63, 3.8) is 0 Å². The Labute approximate surface area is 162 Å². The van der Waals surface area contributed by atoms with Crippen LogP contribution in [-0.4, -0.2) is 66.6 Å². The van der Waals surface area contributed by atoms with Gasteiger partial charge < -0.3 is 14.2 Å². The molecule has 3 aromatic rings. The average molecular weight is 379 g/mol. The van der Waals surface area contributed by atoms with Crippen molar-refractivity contribution in [1.82, 2.24) is 20.1 Å². The maximum Gasteiger partial charge on any atom is 0.159 e. The highest BCUT2D eigenvalue weighted by Gasteiger charge is 2.20. The van der Waals surface area contributed by atoms with Crippen LogP contribution in [0.4, 0.5) is 0 Å². The fourth-order valence-corrected chi connectivity index (χ4v) is 3.25. The van der Waals surface area contributed by atoms with Crippen LogP contribution in [0.15, 0.2) is 30.5 Å². The first kappa shape index (κ1) is 18.2. The maximum absolute atomic E-state index is 9.85. The number of methoxy groups -OCH3 is 1. The molecule has 4 rings (SSSR count). The molecule has 1 fully saturated rings. The Bertz CT molecular complexity index is 987. The van der Waals surface area contributed by atoms with Crippen molar-refractivity contribution in [2.75, 3.05) is 46.6 Å². The van der Waals surface area contributed by atoms with E-state index in [4.69, 9.17) is 14.2 Å². The Morgan fingerprint density at radius 1 is 1.25 bits per heavy atom. The van der Waals surface area contributed by atoms with E-state index >= 15 is 0 Å². The van der Waals surface area contributed by atoms with Crippen molar-refractivity contribution in [3.05, 3.63) is 36.0 Å². The predicted molar refractivity (Wildman–Crippen MR) is 103 cm³/mol. The number of aromatic amines is 1. The molecule has 0 atom stereocenters. The highest BCUT2D eigenvalue weighted by atomic mass is 16.5. The van der Waals surface area contributed by atoms with Gasteiger partial charge in [0.15, 0.2) is 11.4 Å². The van der Waals surface area contributed by atoms with Gasteiger partial charge in [0, 0.05) is 25.2 Å². The second-order valence-electron chi connectivity index (χ2n) is 6.44. The molecule has 0 radical (unpaired) electrons. The minimum absolute atomic E-state index is 0.404. The van der Waals surface area contributed by atoms with Crippen LogP contribution in [-0.2, 0) is 4.74 Å². The molecule has 0 unspecified atom stereocenters. The van der Waals surface area contributed by atoms with Gasteiger partial charge in [-0.2, -0.15) is 10.4 Å². The third-order valence-electron chi connectivity index (χ3n) is 4.78. The van der Waals surface area contributed by atoms with Gasteiger partial charge in [-0.1, -0.05) is 0 Å². The van der Waals surface area contributed by atoms with Crippen molar-refractivity contribution in [3.8, 4) is 28.8 Å². The molecule has 1 aromatic carbocycles. The smallest absolute Gasteiger partial charge is 0.159 e. The van der Waals surface area contributed by atoms with Crippen LogP contribution >= 0.6 is 0 Å². The zero-order valence-electron chi connectivity index (χ0n) is 15.6. The zero-order chi connectivity index (χ0) is 19.3. The fraction of sp³-hybridized carbons (Fsp3) is 0.350. The average Bonchev–Trinajstić information content (AvgIpc) is 3.23. The van der Waals surface area contributed by atoms with Crippen molar-refractivity contribution in [2.45, 2.75) is 0 Å². The lowest BCUT2D eigenvalue weighted by Gasteiger charge is -2.26. The lowest BCUT2D eigenvalue weighted by Crippen LogP contribution is -2.38. The number of nitriles is 1. The van der Waals surface area contributed by atoms with Crippen molar-refractivity contribution in [1.29, 1.82) is 5.26 Å². The van der Waals surface area contributed by atoms with Gasteiger partial charge in [-0.05, 0) is 24.3 Å². The lowest BCUT2D eigenvalue weighted by molar-refractivity contribution is 0.0323. The third kappa shape index (κ3) is 3.63. The van der Waals surface area contributed by atoms with Crippen molar-refractivity contribution >= 4 is 11.0 Å². The monoisotopic (exact) mass is 379 g/mol. The van der Waals surface area contributed by atoms with E-state index in [9.17, 15) is 5.26 Å². The number of ether oxygens (including phenoxy) is 3. The molecule has 28 heavy (non-hydrogen) atoms. The number of benzene rings is 1. The topological polar surface area (TPSA) is 96.3 Å². The van der Waals surface area contributed by atoms with Crippen molar-refractivity contribution in [2.24, 2.45) is 0 Å². The molecule has 3 heterocycles. The number of pyridine rings is 1. The quantitative estimate of drug-likeness (QED) is 0.701. The standard InChI is InChI=1S/C20H21N5O3/c1-26-15-4-2-14(3-5-15)18-16(12-21)19(17-13-22-24-20(17)23-18)28-11-8-25-6-9-27-10-7-25/h2-5,13H,6-11H2,1H3,(H,22,23,24). The van der Waals surface area contributed by atoms with Gasteiger partial charge in [0.1, 0.15) is 24.0 Å². The van der Waals surface area contributed by atoms with E-state index in [2.05, 4.69) is 26.2 Å². The van der Waals surface area contributed by atoms with E-state index < -0.39 is 0 Å². The number of hydrogen-bond acceptors (Lipinski definition) is 7. The highest BCUT2D eigenvalue weighted by Crippen LogP contribution is 2.35. The molecule has 8 nitrogen and oxygen atoms in total. The molecule has 1 aliphatic heterocycles. The summed E-state index contributed by atoms with van der Waals surface area (Å²) >= 11 is 0. The summed E-state index contributed by atoms with van der Waals surface area (Å²) in [6, 6.07) is 9.70. The third-order valence-corrected chi connectivity index (χ3v) is 4.78. The van der Waals surface area contributed by atoms with Gasteiger partial charge in [0.2, 0.25) is 0 Å². The molecule has 2 aromatic heterocycles. The number of nitrogens with zero attached hydrogens (tertiary/aromatic N) is 4. The van der Waals surface area contributed by atoms with Crippen LogP contribution in [0.25, 0.3) is 22.3 Å². The summed E-state index contributed by atoms with van der Waals surface area (Å²) in [6.07, 6.45) is 1.64. The SMILES string of the molecule is COc1ccc(-c2nc3[nH]ncc3c(OCCN3CCOCC3)c2C#N)cc1. The lowest BCUT2D eigenvalue weighted by atomic mass is 10.0. The Balaban J connectivity index is 1.66. The number of nitrogens with one attached hydrogen (secondary N) is 1. The van der Waals surface area contributed by atoms with Crippen LogP contribution in [0.1, 0.15) is 5.56 Å². The van der Waals surface area contributed by atoms with Crippen LogP contribution in [0.5, 0.6) is 11.5 Å². The van der Waals surface area contributed by atoms with E-state index in [0.717, 1.165) is 44.2 Å². The fourth-order valence-electron chi connectivity index (χ4n) is 3.25. The molecular formula is C20H21N5O3. The summed E-state index contributed by atoms with van der Waals surface area (Å²) in [4.78, 5) is 6.89. The molecule has 0 amide bonds. The molecule has 144 valence electrons. The Morgan fingerprint density at radius 3 is 2.75 bits per heavy atom. The zero-order valence-corrected chi connectivity index (χ0v) is 15.6. The summed E-state index contributed by atoms with van der Waals surface area (Å²) in [5.41, 5.74) is 2.36. The first-order valence-corrected chi connectivity index (χ1v) is 9.14. The van der Waals surface area contributed by atoms with E-state index in [1.165, 1.54) is 0 Å². The first-order valence-electron chi connectivity index (χ1n) is 9.14. The Hall–Kier alpha value is -3.15. The van der Waals surface area contributed by atoms with E-state index in [1.807, 2.05) is 24.3 Å². The van der Waals surface area contributed by atoms with Gasteiger partial charge >= 0.3 is 0 Å².